The second-order valence-corrected chi connectivity index (χ2v) is 0.822. The van der Waals surface area contributed by atoms with Crippen molar-refractivity contribution in [3.63, 3.8) is 0 Å². The van der Waals surface area contributed by atoms with Crippen LogP contribution in [0.15, 0.2) is 0 Å². The maximum absolute atomic E-state index is 9.31. The molecule has 0 unspecified atom stereocenters. The number of hydrogen-bond donors (Lipinski definition) is 1. The first-order valence-electron chi connectivity index (χ1n) is 1.72. The van der Waals surface area contributed by atoms with Gasteiger partial charge >= 0.3 is 29.6 Å². The molecule has 0 aromatic heterocycles. The molecule has 0 fully saturated rings. The summed E-state index contributed by atoms with van der Waals surface area (Å²) in [6, 6.07) is 0. The van der Waals surface area contributed by atoms with E-state index in [9.17, 15) is 9.90 Å². The van der Waals surface area contributed by atoms with Crippen molar-refractivity contribution >= 4 is 6.16 Å². The number of carbonyl (C=O) groups is 1. The molecule has 1 N–H and O–H groups in total. The van der Waals surface area contributed by atoms with Gasteiger partial charge in [0.25, 0.3) is 6.16 Å². The van der Waals surface area contributed by atoms with E-state index < -0.39 is 6.16 Å². The Balaban J connectivity index is 0. The Morgan fingerprint density at radius 3 is 2.38 bits per heavy atom. The molecular formula is C3H5NaO4. The molecule has 8 heavy (non-hydrogen) atoms. The first-order chi connectivity index (χ1) is 3.27. The Hall–Kier alpha value is 0.230. The van der Waals surface area contributed by atoms with Crippen molar-refractivity contribution in [3.8, 4) is 0 Å². The average Bonchev–Trinajstić information content (AvgIpc) is 1.61. The summed E-state index contributed by atoms with van der Waals surface area (Å²) in [7, 11) is 0. The normalized spacial score (nSPS) is 7.12. The summed E-state index contributed by atoms with van der Waals surface area (Å²) in [5.74, 6) is 0. The Kier molecular flexibility index (Phi) is 10.0. The third-order valence-electron chi connectivity index (χ3n) is 0.311. The third kappa shape index (κ3) is 9.52. The van der Waals surface area contributed by atoms with Crippen LogP contribution >= 0.6 is 0 Å². The topological polar surface area (TPSA) is 69.6 Å². The van der Waals surface area contributed by atoms with E-state index in [1.54, 1.807) is 0 Å². The fraction of sp³-hybridized carbons (Fsp3) is 0.667. The second kappa shape index (κ2) is 7.23. The van der Waals surface area contributed by atoms with Gasteiger partial charge in [-0.15, -0.1) is 0 Å². The van der Waals surface area contributed by atoms with Crippen LogP contribution in [-0.4, -0.2) is 24.5 Å². The number of rotatable bonds is 2. The van der Waals surface area contributed by atoms with Crippen LogP contribution in [0.25, 0.3) is 0 Å². The predicted molar refractivity (Wildman–Crippen MR) is 18.4 cm³/mol. The molecule has 0 radical (unpaired) electrons. The van der Waals surface area contributed by atoms with Crippen molar-refractivity contribution in [2.45, 2.75) is 0 Å². The minimum absolute atomic E-state index is 0. The van der Waals surface area contributed by atoms with Crippen LogP contribution in [0.2, 0.25) is 0 Å². The summed E-state index contributed by atoms with van der Waals surface area (Å²) < 4.78 is 3.75. The van der Waals surface area contributed by atoms with Gasteiger partial charge in [-0.1, -0.05) is 0 Å². The SMILES string of the molecule is O=C([O-])OCCO.[Na+]. The standard InChI is InChI=1S/C3H6O4.Na/c4-1-2-7-3(5)6;/h4H,1-2H2,(H,5,6);/q;+1/p-1. The minimum Gasteiger partial charge on any atom is -0.547 e. The Labute approximate surface area is 68.7 Å². The van der Waals surface area contributed by atoms with E-state index in [0.29, 0.717) is 0 Å². The van der Waals surface area contributed by atoms with Gasteiger partial charge in [0.05, 0.1) is 13.2 Å². The molecule has 0 spiro atoms. The van der Waals surface area contributed by atoms with Crippen LogP contribution in [0.3, 0.4) is 0 Å². The van der Waals surface area contributed by atoms with Crippen LogP contribution in [0.5, 0.6) is 0 Å². The molecule has 4 nitrogen and oxygen atoms in total. The summed E-state index contributed by atoms with van der Waals surface area (Å²) in [5.41, 5.74) is 0. The van der Waals surface area contributed by atoms with Gasteiger partial charge in [0, 0.05) is 0 Å². The van der Waals surface area contributed by atoms with Gasteiger partial charge in [-0.2, -0.15) is 0 Å². The predicted octanol–water partition coefficient (Wildman–Crippen LogP) is -4.66. The average molecular weight is 128 g/mol. The van der Waals surface area contributed by atoms with Gasteiger partial charge in [0.15, 0.2) is 0 Å². The fourth-order valence-electron chi connectivity index (χ4n) is 0.129. The molecular weight excluding hydrogens is 123 g/mol. The smallest absolute Gasteiger partial charge is 0.547 e. The van der Waals surface area contributed by atoms with E-state index in [1.165, 1.54) is 0 Å². The van der Waals surface area contributed by atoms with Crippen molar-refractivity contribution in [1.29, 1.82) is 0 Å². The van der Waals surface area contributed by atoms with Gasteiger partial charge < -0.3 is 19.7 Å². The van der Waals surface area contributed by atoms with E-state index >= 15 is 0 Å². The summed E-state index contributed by atoms with van der Waals surface area (Å²) in [5, 5.41) is 17.2. The van der Waals surface area contributed by atoms with Crippen LogP contribution < -0.4 is 34.7 Å². The zero-order valence-corrected chi connectivity index (χ0v) is 6.59. The Morgan fingerprint density at radius 1 is 1.75 bits per heavy atom. The molecule has 42 valence electrons. The summed E-state index contributed by atoms with van der Waals surface area (Å²) in [6.45, 7) is -0.504. The number of carbonyl (C=O) groups excluding carboxylic acids is 1. The third-order valence-corrected chi connectivity index (χ3v) is 0.311. The van der Waals surface area contributed by atoms with Crippen molar-refractivity contribution in [2.75, 3.05) is 13.2 Å². The largest absolute Gasteiger partial charge is 1.00 e. The molecule has 0 aromatic rings. The maximum atomic E-state index is 9.31. The monoisotopic (exact) mass is 128 g/mol. The van der Waals surface area contributed by atoms with Crippen LogP contribution in [-0.2, 0) is 4.74 Å². The molecule has 0 aromatic carbocycles. The molecule has 0 aliphatic rings. The Morgan fingerprint density at radius 2 is 2.25 bits per heavy atom. The van der Waals surface area contributed by atoms with Crippen LogP contribution in [0.4, 0.5) is 4.79 Å². The number of aliphatic hydroxyl groups is 1. The second-order valence-electron chi connectivity index (χ2n) is 0.822. The van der Waals surface area contributed by atoms with Crippen LogP contribution in [0, 0.1) is 0 Å². The van der Waals surface area contributed by atoms with E-state index in [-0.39, 0.29) is 42.8 Å². The fourth-order valence-corrected chi connectivity index (χ4v) is 0.129. The zero-order valence-electron chi connectivity index (χ0n) is 4.59. The van der Waals surface area contributed by atoms with Gasteiger partial charge in [0.2, 0.25) is 0 Å². The molecule has 0 saturated carbocycles. The molecule has 0 saturated heterocycles. The zero-order chi connectivity index (χ0) is 5.70. The van der Waals surface area contributed by atoms with Gasteiger partial charge in [0.1, 0.15) is 0 Å². The molecule has 0 aliphatic heterocycles. The number of hydrogen-bond acceptors (Lipinski definition) is 4. The summed E-state index contributed by atoms with van der Waals surface area (Å²) >= 11 is 0. The van der Waals surface area contributed by atoms with Crippen molar-refractivity contribution < 1.29 is 49.3 Å². The number of aliphatic hydroxyl groups excluding tert-OH is 1. The number of ether oxygens (including phenoxy) is 1. The first kappa shape index (κ1) is 11.1. The van der Waals surface area contributed by atoms with Crippen LogP contribution in [0.1, 0.15) is 0 Å². The summed E-state index contributed by atoms with van der Waals surface area (Å²) in [4.78, 5) is 9.31. The molecule has 0 atom stereocenters. The maximum Gasteiger partial charge on any atom is 1.00 e. The van der Waals surface area contributed by atoms with E-state index in [4.69, 9.17) is 5.11 Å². The molecule has 0 heterocycles. The first-order valence-corrected chi connectivity index (χ1v) is 1.72. The molecule has 0 amide bonds. The Bertz CT molecular complexity index is 64.3. The van der Waals surface area contributed by atoms with E-state index in [0.717, 1.165) is 0 Å². The molecule has 0 rings (SSSR count). The van der Waals surface area contributed by atoms with Crippen molar-refractivity contribution in [2.24, 2.45) is 0 Å². The van der Waals surface area contributed by atoms with Crippen molar-refractivity contribution in [1.82, 2.24) is 0 Å². The molecule has 5 heteroatoms. The molecule has 0 bridgehead atoms. The van der Waals surface area contributed by atoms with E-state index in [2.05, 4.69) is 4.74 Å². The van der Waals surface area contributed by atoms with Gasteiger partial charge in [-0.25, -0.2) is 0 Å². The van der Waals surface area contributed by atoms with Gasteiger partial charge in [-0.3, -0.25) is 0 Å². The quantitative estimate of drug-likeness (QED) is 0.300. The van der Waals surface area contributed by atoms with E-state index in [1.807, 2.05) is 0 Å². The van der Waals surface area contributed by atoms with Crippen molar-refractivity contribution in [3.05, 3.63) is 0 Å². The van der Waals surface area contributed by atoms with Gasteiger partial charge in [-0.05, 0) is 0 Å². The minimum atomic E-state index is -1.60. The summed E-state index contributed by atoms with van der Waals surface area (Å²) in [6.07, 6.45) is -1.60. The number of carboxylic acid groups (broad SMARTS) is 1. The molecule has 0 aliphatic carbocycles.